The average Bonchev–Trinajstić information content (AvgIpc) is 2.83. The molecule has 0 amide bonds. The second-order valence-electron chi connectivity index (χ2n) is 8.26. The Morgan fingerprint density at radius 1 is 1.03 bits per heavy atom. The molecule has 3 aromatic rings. The Balaban J connectivity index is 1.60. The van der Waals surface area contributed by atoms with E-state index in [1.54, 1.807) is 4.31 Å². The molecule has 1 saturated heterocycles. The Hall–Kier alpha value is -2.98. The summed E-state index contributed by atoms with van der Waals surface area (Å²) in [6.45, 7) is 1.57. The molecule has 0 radical (unpaired) electrons. The summed E-state index contributed by atoms with van der Waals surface area (Å²) in [5.41, 5.74) is 5.04. The Bertz CT molecular complexity index is 1200. The van der Waals surface area contributed by atoms with Crippen molar-refractivity contribution in [3.63, 3.8) is 0 Å². The van der Waals surface area contributed by atoms with Crippen LogP contribution < -0.4 is 5.32 Å². The van der Waals surface area contributed by atoms with Gasteiger partial charge in [0.05, 0.1) is 17.9 Å². The molecule has 1 N–H and O–H groups in total. The van der Waals surface area contributed by atoms with Crippen LogP contribution in [0.5, 0.6) is 0 Å². The molecule has 1 fully saturated rings. The van der Waals surface area contributed by atoms with E-state index in [2.05, 4.69) is 35.7 Å². The van der Waals surface area contributed by atoms with Crippen LogP contribution in [-0.2, 0) is 16.6 Å². The monoisotopic (exact) mass is 445 g/mol. The van der Waals surface area contributed by atoms with Gasteiger partial charge in [0.15, 0.2) is 0 Å². The summed E-state index contributed by atoms with van der Waals surface area (Å²) in [5, 5.41) is 13.1. The molecule has 164 valence electrons. The molecule has 0 bridgehead atoms. The highest BCUT2D eigenvalue weighted by atomic mass is 32.2. The second-order valence-corrected chi connectivity index (χ2v) is 10.2. The first-order chi connectivity index (χ1) is 15.5. The molecule has 6 heteroatoms. The minimum Gasteiger partial charge on any atom is -0.309 e. The average molecular weight is 446 g/mol. The predicted octanol–water partition coefficient (Wildman–Crippen LogP) is 4.13. The fourth-order valence-corrected chi connectivity index (χ4v) is 5.32. The smallest absolute Gasteiger partial charge is 0.211 e. The summed E-state index contributed by atoms with van der Waals surface area (Å²) in [6.07, 6.45) is 2.01. The lowest BCUT2D eigenvalue weighted by atomic mass is 9.86. The molecule has 4 rings (SSSR count). The summed E-state index contributed by atoms with van der Waals surface area (Å²) in [4.78, 5) is 0. The van der Waals surface area contributed by atoms with Crippen LogP contribution in [0.1, 0.15) is 29.0 Å². The Kier molecular flexibility index (Phi) is 6.71. The van der Waals surface area contributed by atoms with Crippen molar-refractivity contribution >= 4 is 10.0 Å². The van der Waals surface area contributed by atoms with Gasteiger partial charge in [-0.05, 0) is 40.8 Å². The van der Waals surface area contributed by atoms with Crippen molar-refractivity contribution in [1.82, 2.24) is 9.62 Å². The quantitative estimate of drug-likeness (QED) is 0.619. The maximum Gasteiger partial charge on any atom is 0.211 e. The van der Waals surface area contributed by atoms with Gasteiger partial charge in [0, 0.05) is 31.6 Å². The van der Waals surface area contributed by atoms with Crippen molar-refractivity contribution < 1.29 is 8.42 Å². The molecule has 0 spiro atoms. The highest BCUT2D eigenvalue weighted by molar-refractivity contribution is 7.88. The summed E-state index contributed by atoms with van der Waals surface area (Å²) in [5.74, 6) is 0.0546. The molecule has 1 heterocycles. The first-order valence-corrected chi connectivity index (χ1v) is 12.6. The Labute approximate surface area is 190 Å². The van der Waals surface area contributed by atoms with Gasteiger partial charge in [-0.3, -0.25) is 0 Å². The van der Waals surface area contributed by atoms with Gasteiger partial charge in [-0.25, -0.2) is 12.7 Å². The molecule has 2 atom stereocenters. The zero-order valence-electron chi connectivity index (χ0n) is 18.1. The van der Waals surface area contributed by atoms with E-state index < -0.39 is 10.0 Å². The van der Waals surface area contributed by atoms with E-state index in [4.69, 9.17) is 0 Å². The van der Waals surface area contributed by atoms with Crippen LogP contribution >= 0.6 is 0 Å². The van der Waals surface area contributed by atoms with Crippen LogP contribution in [0.4, 0.5) is 0 Å². The van der Waals surface area contributed by atoms with Crippen molar-refractivity contribution in [1.29, 1.82) is 5.26 Å². The zero-order valence-corrected chi connectivity index (χ0v) is 18.9. The summed E-state index contributed by atoms with van der Waals surface area (Å²) in [6, 6.07) is 28.4. The van der Waals surface area contributed by atoms with Crippen LogP contribution in [0.2, 0.25) is 0 Å². The lowest BCUT2D eigenvalue weighted by Crippen LogP contribution is -2.49. The third-order valence-corrected chi connectivity index (χ3v) is 7.42. The van der Waals surface area contributed by atoms with Crippen LogP contribution in [0.3, 0.4) is 0 Å². The number of piperidine rings is 1. The van der Waals surface area contributed by atoms with Crippen LogP contribution in [0, 0.1) is 11.3 Å². The third kappa shape index (κ3) is 5.08. The highest BCUT2D eigenvalue weighted by Crippen LogP contribution is 2.30. The molecule has 0 aromatic heterocycles. The highest BCUT2D eigenvalue weighted by Gasteiger charge is 2.33. The van der Waals surface area contributed by atoms with Crippen LogP contribution in [-0.4, -0.2) is 38.1 Å². The van der Waals surface area contributed by atoms with E-state index >= 15 is 0 Å². The molecular formula is C26H27N3O2S. The number of nitrogens with one attached hydrogen (secondary N) is 1. The zero-order chi connectivity index (χ0) is 22.6. The van der Waals surface area contributed by atoms with Crippen molar-refractivity contribution in [3.05, 3.63) is 95.6 Å². The topological polar surface area (TPSA) is 73.2 Å². The van der Waals surface area contributed by atoms with E-state index in [-0.39, 0.29) is 12.0 Å². The summed E-state index contributed by atoms with van der Waals surface area (Å²) >= 11 is 0. The fraction of sp³-hybridized carbons (Fsp3) is 0.269. The number of nitrogens with zero attached hydrogens (tertiary/aromatic N) is 2. The maximum absolute atomic E-state index is 12.2. The van der Waals surface area contributed by atoms with Crippen molar-refractivity contribution in [2.45, 2.75) is 24.9 Å². The van der Waals surface area contributed by atoms with E-state index in [1.165, 1.54) is 6.26 Å². The van der Waals surface area contributed by atoms with E-state index in [0.29, 0.717) is 25.2 Å². The summed E-state index contributed by atoms with van der Waals surface area (Å²) in [7, 11) is -3.24. The first kappa shape index (κ1) is 22.2. The Morgan fingerprint density at radius 3 is 2.38 bits per heavy atom. The molecule has 0 aliphatic carbocycles. The molecule has 3 aromatic carbocycles. The van der Waals surface area contributed by atoms with Gasteiger partial charge in [0.1, 0.15) is 0 Å². The summed E-state index contributed by atoms with van der Waals surface area (Å²) < 4.78 is 26.0. The number of hydrogen-bond acceptors (Lipinski definition) is 4. The minimum atomic E-state index is -3.24. The number of hydrogen-bond donors (Lipinski definition) is 1. The predicted molar refractivity (Wildman–Crippen MR) is 127 cm³/mol. The van der Waals surface area contributed by atoms with Gasteiger partial charge in [-0.2, -0.15) is 5.26 Å². The normalized spacial score (nSPS) is 19.4. The van der Waals surface area contributed by atoms with Gasteiger partial charge in [0.25, 0.3) is 0 Å². The molecule has 1 aliphatic rings. The molecule has 0 saturated carbocycles. The van der Waals surface area contributed by atoms with E-state index in [0.717, 1.165) is 28.7 Å². The van der Waals surface area contributed by atoms with Gasteiger partial charge < -0.3 is 5.32 Å². The SMILES string of the molecule is CS(=O)(=O)N1CC[C@H](NCc2cc(C#N)ccc2-c2ccccc2)[C@H](c2ccccc2)C1. The molecule has 32 heavy (non-hydrogen) atoms. The molecule has 0 unspecified atom stereocenters. The standard InChI is InChI=1S/C26H27N3O2S/c1-32(30,31)29-15-14-26(25(19-29)22-10-6-3-7-11-22)28-18-23-16-20(17-27)12-13-24(23)21-8-4-2-5-9-21/h2-13,16,25-26,28H,14-15,18-19H2,1H3/t25-,26-/m0/s1. The van der Waals surface area contributed by atoms with E-state index in [1.807, 2.05) is 54.6 Å². The first-order valence-electron chi connectivity index (χ1n) is 10.8. The maximum atomic E-state index is 12.2. The molecule has 1 aliphatic heterocycles. The van der Waals surface area contributed by atoms with Crippen LogP contribution in [0.15, 0.2) is 78.9 Å². The number of sulfonamides is 1. The largest absolute Gasteiger partial charge is 0.309 e. The van der Waals surface area contributed by atoms with Gasteiger partial charge in [-0.1, -0.05) is 66.7 Å². The van der Waals surface area contributed by atoms with Crippen molar-refractivity contribution in [2.75, 3.05) is 19.3 Å². The van der Waals surface area contributed by atoms with Gasteiger partial charge >= 0.3 is 0 Å². The van der Waals surface area contributed by atoms with Crippen molar-refractivity contribution in [2.24, 2.45) is 0 Å². The van der Waals surface area contributed by atoms with Gasteiger partial charge in [-0.15, -0.1) is 0 Å². The lowest BCUT2D eigenvalue weighted by Gasteiger charge is -2.38. The van der Waals surface area contributed by atoms with Crippen molar-refractivity contribution in [3.8, 4) is 17.2 Å². The number of rotatable bonds is 6. The Morgan fingerprint density at radius 2 is 1.72 bits per heavy atom. The second kappa shape index (κ2) is 9.66. The molecule has 5 nitrogen and oxygen atoms in total. The number of nitriles is 1. The fourth-order valence-electron chi connectivity index (χ4n) is 4.46. The molecular weight excluding hydrogens is 418 g/mol. The number of benzene rings is 3. The van der Waals surface area contributed by atoms with Gasteiger partial charge in [0.2, 0.25) is 10.0 Å². The lowest BCUT2D eigenvalue weighted by molar-refractivity contribution is 0.256. The third-order valence-electron chi connectivity index (χ3n) is 6.15. The van der Waals surface area contributed by atoms with E-state index in [9.17, 15) is 13.7 Å². The minimum absolute atomic E-state index is 0.0546. The van der Waals surface area contributed by atoms with Crippen LogP contribution in [0.25, 0.3) is 11.1 Å².